The van der Waals surface area contributed by atoms with Gasteiger partial charge in [-0.3, -0.25) is 19.6 Å². The number of benzene rings is 1. The summed E-state index contributed by atoms with van der Waals surface area (Å²) in [5.41, 5.74) is 1.24. The van der Waals surface area contributed by atoms with E-state index in [1.807, 2.05) is 17.0 Å². The van der Waals surface area contributed by atoms with Gasteiger partial charge in [0, 0.05) is 45.1 Å². The molecule has 2 aliphatic heterocycles. The van der Waals surface area contributed by atoms with E-state index in [1.54, 1.807) is 18.6 Å². The summed E-state index contributed by atoms with van der Waals surface area (Å²) < 4.78 is 5.69. The zero-order chi connectivity index (χ0) is 19.3. The molecule has 0 bridgehead atoms. The number of carbonyl (C=O) groups is 1. The second-order valence-electron chi connectivity index (χ2n) is 7.53. The van der Waals surface area contributed by atoms with Crippen LogP contribution >= 0.6 is 0 Å². The minimum Gasteiger partial charge on any atom is -0.438 e. The lowest BCUT2D eigenvalue weighted by Crippen LogP contribution is -2.52. The van der Waals surface area contributed by atoms with E-state index in [9.17, 15) is 4.79 Å². The van der Waals surface area contributed by atoms with Crippen molar-refractivity contribution in [1.82, 2.24) is 24.7 Å². The summed E-state index contributed by atoms with van der Waals surface area (Å²) in [6.07, 6.45) is 6.95. The van der Waals surface area contributed by atoms with Crippen LogP contribution in [-0.2, 0) is 11.3 Å². The maximum absolute atomic E-state index is 12.7. The number of nitrogens with zero attached hydrogens (tertiary/aromatic N) is 5. The summed E-state index contributed by atoms with van der Waals surface area (Å²) in [6, 6.07) is 8.17. The molecule has 148 valence electrons. The number of hydrogen-bond acceptors (Lipinski definition) is 6. The van der Waals surface area contributed by atoms with E-state index in [0.29, 0.717) is 11.8 Å². The summed E-state index contributed by atoms with van der Waals surface area (Å²) in [6.45, 7) is 5.39. The van der Waals surface area contributed by atoms with Crippen LogP contribution in [0.4, 0.5) is 0 Å². The van der Waals surface area contributed by atoms with Gasteiger partial charge in [-0.25, -0.2) is 4.98 Å². The van der Waals surface area contributed by atoms with Crippen LogP contribution in [0.15, 0.2) is 42.9 Å². The van der Waals surface area contributed by atoms with Crippen LogP contribution in [-0.4, -0.2) is 76.4 Å². The van der Waals surface area contributed by atoms with Gasteiger partial charge < -0.3 is 9.64 Å². The molecule has 4 rings (SSSR count). The molecule has 0 N–H and O–H groups in total. The fourth-order valence-electron chi connectivity index (χ4n) is 3.94. The van der Waals surface area contributed by atoms with E-state index in [0.717, 1.165) is 57.9 Å². The smallest absolute Gasteiger partial charge is 0.240 e. The molecule has 2 aromatic rings. The van der Waals surface area contributed by atoms with E-state index in [4.69, 9.17) is 4.74 Å². The molecular formula is C21H27N5O2. The molecule has 2 saturated heterocycles. The maximum atomic E-state index is 12.7. The molecule has 2 fully saturated rings. The first-order chi connectivity index (χ1) is 13.7. The zero-order valence-corrected chi connectivity index (χ0v) is 16.3. The van der Waals surface area contributed by atoms with E-state index in [-0.39, 0.29) is 6.04 Å². The molecule has 1 aromatic carbocycles. The van der Waals surface area contributed by atoms with Crippen LogP contribution in [0.25, 0.3) is 0 Å². The van der Waals surface area contributed by atoms with Gasteiger partial charge in [-0.1, -0.05) is 12.1 Å². The number of carbonyl (C=O) groups excluding carboxylic acids is 1. The van der Waals surface area contributed by atoms with Crippen molar-refractivity contribution in [2.45, 2.75) is 25.4 Å². The second-order valence-corrected chi connectivity index (χ2v) is 7.53. The number of aromatic nitrogens is 2. The molecule has 1 atom stereocenters. The van der Waals surface area contributed by atoms with Gasteiger partial charge in [-0.05, 0) is 44.1 Å². The molecule has 7 heteroatoms. The van der Waals surface area contributed by atoms with E-state index < -0.39 is 0 Å². The Kier molecular flexibility index (Phi) is 5.83. The second kappa shape index (κ2) is 8.67. The van der Waals surface area contributed by atoms with Crippen LogP contribution < -0.4 is 4.74 Å². The summed E-state index contributed by atoms with van der Waals surface area (Å²) in [4.78, 5) is 27.5. The fourth-order valence-corrected chi connectivity index (χ4v) is 3.94. The van der Waals surface area contributed by atoms with Gasteiger partial charge in [-0.15, -0.1) is 0 Å². The summed E-state index contributed by atoms with van der Waals surface area (Å²) in [5.74, 6) is 1.55. The van der Waals surface area contributed by atoms with Crippen molar-refractivity contribution in [1.29, 1.82) is 0 Å². The maximum Gasteiger partial charge on any atom is 0.240 e. The Hall–Kier alpha value is -2.51. The lowest BCUT2D eigenvalue weighted by Gasteiger charge is -2.36. The van der Waals surface area contributed by atoms with Crippen LogP contribution in [0.5, 0.6) is 11.6 Å². The van der Waals surface area contributed by atoms with E-state index >= 15 is 0 Å². The monoisotopic (exact) mass is 381 g/mol. The SMILES string of the molecule is CN1CCCC1C(=O)N1CCN(Cc2ccc(Oc3cnccn3)cc2)CC1. The molecule has 1 amide bonds. The lowest BCUT2D eigenvalue weighted by molar-refractivity contribution is -0.137. The van der Waals surface area contributed by atoms with E-state index in [1.165, 1.54) is 5.56 Å². The van der Waals surface area contributed by atoms with Crippen molar-refractivity contribution < 1.29 is 9.53 Å². The lowest BCUT2D eigenvalue weighted by atomic mass is 10.1. The molecule has 1 aromatic heterocycles. The highest BCUT2D eigenvalue weighted by Gasteiger charge is 2.32. The molecule has 0 spiro atoms. The number of rotatable bonds is 5. The summed E-state index contributed by atoms with van der Waals surface area (Å²) in [7, 11) is 2.06. The van der Waals surface area contributed by atoms with Crippen molar-refractivity contribution in [3.05, 3.63) is 48.4 Å². The highest BCUT2D eigenvalue weighted by Crippen LogP contribution is 2.21. The largest absolute Gasteiger partial charge is 0.438 e. The molecule has 2 aliphatic rings. The number of likely N-dealkylation sites (tertiary alicyclic amines) is 1. The standard InChI is InChI=1S/C21H27N5O2/c1-24-10-2-3-19(24)21(27)26-13-11-25(12-14-26)16-17-4-6-18(7-5-17)28-20-15-22-8-9-23-20/h4-9,15,19H,2-3,10-14,16H2,1H3. The predicted octanol–water partition coefficient (Wildman–Crippen LogP) is 2.01. The quantitative estimate of drug-likeness (QED) is 0.790. The van der Waals surface area contributed by atoms with Crippen molar-refractivity contribution in [2.75, 3.05) is 39.8 Å². The average molecular weight is 381 g/mol. The molecule has 0 aliphatic carbocycles. The minimum absolute atomic E-state index is 0.0911. The van der Waals surface area contributed by atoms with Gasteiger partial charge in [0.2, 0.25) is 11.8 Å². The minimum atomic E-state index is 0.0911. The van der Waals surface area contributed by atoms with Gasteiger partial charge in [0.25, 0.3) is 0 Å². The summed E-state index contributed by atoms with van der Waals surface area (Å²) >= 11 is 0. The van der Waals surface area contributed by atoms with Crippen molar-refractivity contribution in [2.24, 2.45) is 0 Å². The molecule has 7 nitrogen and oxygen atoms in total. The van der Waals surface area contributed by atoms with Crippen molar-refractivity contribution >= 4 is 5.91 Å². The highest BCUT2D eigenvalue weighted by atomic mass is 16.5. The predicted molar refractivity (Wildman–Crippen MR) is 106 cm³/mol. The first-order valence-electron chi connectivity index (χ1n) is 9.93. The van der Waals surface area contributed by atoms with Gasteiger partial charge >= 0.3 is 0 Å². The Morgan fingerprint density at radius 1 is 1.11 bits per heavy atom. The normalized spacial score (nSPS) is 21.0. The van der Waals surface area contributed by atoms with Crippen molar-refractivity contribution in [3.63, 3.8) is 0 Å². The van der Waals surface area contributed by atoms with Crippen LogP contribution in [0.1, 0.15) is 18.4 Å². The first kappa shape index (κ1) is 18.8. The van der Waals surface area contributed by atoms with E-state index in [2.05, 4.69) is 38.9 Å². The van der Waals surface area contributed by atoms with Crippen LogP contribution in [0.2, 0.25) is 0 Å². The number of piperazine rings is 1. The van der Waals surface area contributed by atoms with Gasteiger partial charge in [0.15, 0.2) is 0 Å². The number of amides is 1. The summed E-state index contributed by atoms with van der Waals surface area (Å²) in [5, 5.41) is 0. The van der Waals surface area contributed by atoms with Gasteiger partial charge in [-0.2, -0.15) is 0 Å². The third kappa shape index (κ3) is 4.48. The Bertz CT molecular complexity index is 775. The van der Waals surface area contributed by atoms with Crippen molar-refractivity contribution in [3.8, 4) is 11.6 Å². The van der Waals surface area contributed by atoms with Gasteiger partial charge in [0.05, 0.1) is 12.2 Å². The first-order valence-corrected chi connectivity index (χ1v) is 9.93. The number of likely N-dealkylation sites (N-methyl/N-ethyl adjacent to an activating group) is 1. The third-order valence-electron chi connectivity index (χ3n) is 5.58. The molecule has 1 unspecified atom stereocenters. The Morgan fingerprint density at radius 2 is 1.89 bits per heavy atom. The Morgan fingerprint density at radius 3 is 2.54 bits per heavy atom. The number of ether oxygens (including phenoxy) is 1. The Labute approximate surface area is 165 Å². The average Bonchev–Trinajstić information content (AvgIpc) is 3.16. The molecule has 28 heavy (non-hydrogen) atoms. The fraction of sp³-hybridized carbons (Fsp3) is 0.476. The zero-order valence-electron chi connectivity index (χ0n) is 16.3. The molecule has 3 heterocycles. The molecular weight excluding hydrogens is 354 g/mol. The van der Waals surface area contributed by atoms with Crippen LogP contribution in [0, 0.1) is 0 Å². The van der Waals surface area contributed by atoms with Crippen LogP contribution in [0.3, 0.4) is 0 Å². The third-order valence-corrected chi connectivity index (χ3v) is 5.58. The Balaban J connectivity index is 1.26. The molecule has 0 saturated carbocycles. The number of hydrogen-bond donors (Lipinski definition) is 0. The molecule has 0 radical (unpaired) electrons. The topological polar surface area (TPSA) is 61.8 Å². The highest BCUT2D eigenvalue weighted by molar-refractivity contribution is 5.82. The van der Waals surface area contributed by atoms with Gasteiger partial charge in [0.1, 0.15) is 5.75 Å².